The van der Waals surface area contributed by atoms with Crippen LogP contribution < -0.4 is 0 Å². The molecule has 1 aromatic rings. The minimum atomic E-state index is -0.106. The van der Waals surface area contributed by atoms with Crippen molar-refractivity contribution < 1.29 is 15.9 Å². The Morgan fingerprint density at radius 2 is 0.848 bits per heavy atom. The summed E-state index contributed by atoms with van der Waals surface area (Å²) in [5.74, 6) is 6.81. The van der Waals surface area contributed by atoms with Gasteiger partial charge in [0.15, 0.2) is 0 Å². The van der Waals surface area contributed by atoms with Gasteiger partial charge in [0.2, 0.25) is 0 Å². The number of pyridine rings is 1. The first-order valence-corrected chi connectivity index (χ1v) is 23.2. The molecule has 0 aromatic carbocycles. The standard InChI is InChI=1S/C35H65N2.C5H5N.2ClH.Pd/c1-9-26(10-2)30-19-17-20-31(27(11-3)12-4)34(30)36-23-24-37(25-36)35-32(28(13-5)14-6)21-18-22-33(35)29(15-7)16-8;1-2-4-6-5-3-1;;;/h23-35H,9-22H2,1-8H3;1-5H;2*1H;/q-1;;;;+2/p-2. The van der Waals surface area contributed by atoms with Gasteiger partial charge in [0.05, 0.1) is 0 Å². The molecule has 0 spiro atoms. The molecule has 0 saturated heterocycles. The maximum Gasteiger partial charge on any atom is 0.0267 e. The van der Waals surface area contributed by atoms with Crippen molar-refractivity contribution in [3.05, 3.63) is 49.7 Å². The Morgan fingerprint density at radius 1 is 0.565 bits per heavy atom. The van der Waals surface area contributed by atoms with Crippen molar-refractivity contribution in [2.75, 3.05) is 0 Å². The van der Waals surface area contributed by atoms with Crippen molar-refractivity contribution in [2.45, 2.75) is 157 Å². The second-order valence-electron chi connectivity index (χ2n) is 14.2. The van der Waals surface area contributed by atoms with Gasteiger partial charge in [0.25, 0.3) is 0 Å². The number of nitrogens with zero attached hydrogens (tertiary/aromatic N) is 3. The van der Waals surface area contributed by atoms with E-state index >= 15 is 0 Å². The molecule has 0 radical (unpaired) electrons. The molecule has 4 rings (SSSR count). The van der Waals surface area contributed by atoms with Crippen LogP contribution in [0.3, 0.4) is 0 Å². The Labute approximate surface area is 302 Å². The molecule has 0 bridgehead atoms. The fourth-order valence-electron chi connectivity index (χ4n) is 10.1. The molecule has 2 saturated carbocycles. The van der Waals surface area contributed by atoms with Crippen molar-refractivity contribution in [1.82, 2.24) is 14.8 Å². The van der Waals surface area contributed by atoms with Gasteiger partial charge in [0, 0.05) is 24.5 Å². The van der Waals surface area contributed by atoms with Gasteiger partial charge in [-0.05, 0) is 97.6 Å². The Bertz CT molecular complexity index is 767. The zero-order chi connectivity index (χ0) is 33.9. The van der Waals surface area contributed by atoms with Crippen LogP contribution in [0.1, 0.15) is 145 Å². The van der Waals surface area contributed by atoms with E-state index in [1.54, 1.807) is 12.4 Å². The number of hydrogen-bond donors (Lipinski definition) is 0. The number of hydrogen-bond acceptors (Lipinski definition) is 3. The predicted octanol–water partition coefficient (Wildman–Crippen LogP) is 13.0. The SMILES string of the molecule is CCC(CC)C1CCCC(C(CC)CC)C1N1C=CN(C2C(C(CC)CC)CCCC2C(CC)CC)[CH-]1.[Cl][Pd][Cl].c1ccncc1. The van der Waals surface area contributed by atoms with Gasteiger partial charge < -0.3 is 9.80 Å². The third-order valence-electron chi connectivity index (χ3n) is 12.5. The first-order chi connectivity index (χ1) is 22.4. The summed E-state index contributed by atoms with van der Waals surface area (Å²) in [6.07, 6.45) is 27.9. The summed E-state index contributed by atoms with van der Waals surface area (Å²) < 4.78 is 0. The zero-order valence-electron chi connectivity index (χ0n) is 30.7. The normalized spacial score (nSPS) is 26.5. The summed E-state index contributed by atoms with van der Waals surface area (Å²) in [7, 11) is 9.63. The molecule has 0 amide bonds. The molecule has 1 aromatic heterocycles. The molecular weight excluding hydrogens is 700 g/mol. The smallest absolute Gasteiger partial charge is 0.0267 e. The second kappa shape index (κ2) is 24.0. The van der Waals surface area contributed by atoms with Crippen molar-refractivity contribution in [2.24, 2.45) is 47.3 Å². The average molecular weight is 770 g/mol. The third-order valence-corrected chi connectivity index (χ3v) is 12.5. The van der Waals surface area contributed by atoms with Crippen LogP contribution in [0.15, 0.2) is 43.0 Å². The molecule has 4 atom stereocenters. The number of rotatable bonds is 14. The summed E-state index contributed by atoms with van der Waals surface area (Å²) >= 11 is -0.106. The van der Waals surface area contributed by atoms with E-state index < -0.39 is 0 Å². The first-order valence-electron chi connectivity index (χ1n) is 19.2. The summed E-state index contributed by atoms with van der Waals surface area (Å²) in [6.45, 7) is 22.2. The van der Waals surface area contributed by atoms with Gasteiger partial charge in [-0.25, -0.2) is 0 Å². The van der Waals surface area contributed by atoms with Crippen LogP contribution in [0, 0.1) is 54.0 Å². The molecule has 4 unspecified atom stereocenters. The molecule has 3 aliphatic rings. The summed E-state index contributed by atoms with van der Waals surface area (Å²) in [4.78, 5) is 9.33. The monoisotopic (exact) mass is 768 g/mol. The molecule has 270 valence electrons. The van der Waals surface area contributed by atoms with Gasteiger partial charge in [-0.15, -0.1) is 0 Å². The molecule has 1 aliphatic heterocycles. The fraction of sp³-hybridized carbons (Fsp3) is 0.800. The summed E-state index contributed by atoms with van der Waals surface area (Å²) in [5.41, 5.74) is 0. The number of aromatic nitrogens is 1. The van der Waals surface area contributed by atoms with Gasteiger partial charge in [-0.1, -0.05) is 126 Å². The van der Waals surface area contributed by atoms with E-state index in [1.807, 2.05) is 18.2 Å². The van der Waals surface area contributed by atoms with Crippen LogP contribution in [-0.4, -0.2) is 26.9 Å². The summed E-state index contributed by atoms with van der Waals surface area (Å²) in [6, 6.07) is 7.09. The van der Waals surface area contributed by atoms with E-state index in [-0.39, 0.29) is 15.9 Å². The Kier molecular flexibility index (Phi) is 21.8. The van der Waals surface area contributed by atoms with Crippen LogP contribution in [0.4, 0.5) is 0 Å². The van der Waals surface area contributed by atoms with Gasteiger partial charge in [0.1, 0.15) is 0 Å². The average Bonchev–Trinajstić information content (AvgIpc) is 3.58. The minimum Gasteiger partial charge on any atom is -0.265 e. The molecule has 2 aliphatic carbocycles. The van der Waals surface area contributed by atoms with Gasteiger partial charge >= 0.3 is 35.0 Å². The summed E-state index contributed by atoms with van der Waals surface area (Å²) in [5, 5.41) is 0. The maximum atomic E-state index is 4.81. The van der Waals surface area contributed by atoms with Crippen LogP contribution in [0.2, 0.25) is 0 Å². The van der Waals surface area contributed by atoms with E-state index in [0.29, 0.717) is 12.1 Å². The van der Waals surface area contributed by atoms with E-state index in [0.717, 1.165) is 47.3 Å². The minimum absolute atomic E-state index is 0.106. The molecule has 6 heteroatoms. The van der Waals surface area contributed by atoms with E-state index in [4.69, 9.17) is 19.1 Å². The second-order valence-corrected chi connectivity index (χ2v) is 16.5. The maximum absolute atomic E-state index is 4.81. The molecule has 46 heavy (non-hydrogen) atoms. The number of halogens is 2. The molecular formula is C40H70Cl2N3Pd-. The predicted molar refractivity (Wildman–Crippen MR) is 199 cm³/mol. The fourth-order valence-corrected chi connectivity index (χ4v) is 10.1. The Hall–Kier alpha value is -0.268. The van der Waals surface area contributed by atoms with Crippen LogP contribution >= 0.6 is 19.1 Å². The largest absolute Gasteiger partial charge is 0.265 e. The zero-order valence-corrected chi connectivity index (χ0v) is 33.8. The van der Waals surface area contributed by atoms with Crippen molar-refractivity contribution >= 4 is 19.1 Å². The van der Waals surface area contributed by atoms with Crippen molar-refractivity contribution in [1.29, 1.82) is 0 Å². The molecule has 0 N–H and O–H groups in total. The van der Waals surface area contributed by atoms with Gasteiger partial charge in [-0.3, -0.25) is 4.98 Å². The topological polar surface area (TPSA) is 19.4 Å². The van der Waals surface area contributed by atoms with Crippen molar-refractivity contribution in [3.8, 4) is 0 Å². The van der Waals surface area contributed by atoms with Crippen LogP contribution in [-0.2, 0) is 15.9 Å². The molecule has 3 nitrogen and oxygen atoms in total. The van der Waals surface area contributed by atoms with E-state index in [2.05, 4.69) is 89.2 Å². The van der Waals surface area contributed by atoms with Crippen LogP contribution in [0.5, 0.6) is 0 Å². The van der Waals surface area contributed by atoms with E-state index in [9.17, 15) is 0 Å². The van der Waals surface area contributed by atoms with E-state index in [1.165, 1.54) is 89.9 Å². The first kappa shape index (κ1) is 41.9. The molecule has 2 heterocycles. The molecule has 2 fully saturated rings. The van der Waals surface area contributed by atoms with Crippen molar-refractivity contribution in [3.63, 3.8) is 0 Å². The Balaban J connectivity index is 0.000000710. The Morgan fingerprint density at radius 3 is 1.04 bits per heavy atom. The van der Waals surface area contributed by atoms with Crippen LogP contribution in [0.25, 0.3) is 0 Å². The third kappa shape index (κ3) is 11.7. The quantitative estimate of drug-likeness (QED) is 0.139. The van der Waals surface area contributed by atoms with Gasteiger partial charge in [-0.2, -0.15) is 6.67 Å².